The summed E-state index contributed by atoms with van der Waals surface area (Å²) in [5, 5.41) is 8.66. The molecule has 0 aromatic carbocycles. The lowest BCUT2D eigenvalue weighted by Crippen LogP contribution is -2.03. The molecule has 0 heterocycles. The van der Waals surface area contributed by atoms with Crippen LogP contribution in [-0.4, -0.2) is 16.1 Å². The van der Waals surface area contributed by atoms with Crippen molar-refractivity contribution in [3.05, 3.63) is 0 Å². The molecule has 0 amide bonds. The van der Waals surface area contributed by atoms with Gasteiger partial charge in [0.25, 0.3) is 0 Å². The molecule has 0 fully saturated rings. The summed E-state index contributed by atoms with van der Waals surface area (Å²) >= 11 is 2.40. The van der Waals surface area contributed by atoms with Gasteiger partial charge in [0.15, 0.2) is 0 Å². The van der Waals surface area contributed by atoms with Gasteiger partial charge in [0.2, 0.25) is 0 Å². The summed E-state index contributed by atoms with van der Waals surface area (Å²) in [6, 6.07) is 0. The predicted molar refractivity (Wildman–Crippen MR) is 53.6 cm³/mol. The summed E-state index contributed by atoms with van der Waals surface area (Å²) in [6.45, 7) is 2.57. The molecular weight excluding hydrogens is 239 g/mol. The van der Waals surface area contributed by atoms with Crippen LogP contribution in [0.1, 0.15) is 32.6 Å². The fourth-order valence-corrected chi connectivity index (χ4v) is 1.85. The Morgan fingerprint density at radius 1 is 1.40 bits per heavy atom. The molecule has 0 bridgehead atoms. The second-order valence-corrected chi connectivity index (χ2v) is 3.56. The molecule has 0 aliphatic rings. The van der Waals surface area contributed by atoms with Crippen LogP contribution in [0.5, 0.6) is 0 Å². The van der Waals surface area contributed by atoms with Gasteiger partial charge < -0.3 is 5.11 Å². The van der Waals surface area contributed by atoms with Crippen molar-refractivity contribution in [2.45, 2.75) is 32.6 Å². The molecule has 0 aliphatic heterocycles. The summed E-state index contributed by atoms with van der Waals surface area (Å²) in [6.07, 6.45) is 4.87. The Morgan fingerprint density at radius 2 is 2.10 bits per heavy atom. The van der Waals surface area contributed by atoms with E-state index in [1.807, 2.05) is 0 Å². The molecule has 1 N–H and O–H groups in total. The quantitative estimate of drug-likeness (QED) is 0.572. The van der Waals surface area contributed by atoms with Gasteiger partial charge in [0, 0.05) is 11.0 Å². The maximum absolute atomic E-state index is 8.66. The monoisotopic (exact) mass is 256 g/mol. The van der Waals surface area contributed by atoms with Gasteiger partial charge in [0.05, 0.1) is 0 Å². The highest BCUT2D eigenvalue weighted by Gasteiger charge is 2.04. The number of hydrogen-bond donors (Lipinski definition) is 1. The molecular formula is C8H17IO. The smallest absolute Gasteiger partial charge is 0.0433 e. The first-order chi connectivity index (χ1) is 4.85. The molecule has 0 radical (unpaired) electrons. The third-order valence-electron chi connectivity index (χ3n) is 1.72. The molecule has 1 atom stereocenters. The maximum Gasteiger partial charge on any atom is 0.0433 e. The van der Waals surface area contributed by atoms with Gasteiger partial charge in [-0.2, -0.15) is 0 Å². The van der Waals surface area contributed by atoms with Crippen molar-refractivity contribution >= 4 is 22.6 Å². The minimum atomic E-state index is 0.359. The first kappa shape index (κ1) is 10.7. The lowest BCUT2D eigenvalue weighted by Gasteiger charge is -2.10. The molecule has 0 aromatic heterocycles. The van der Waals surface area contributed by atoms with Crippen molar-refractivity contribution in [1.29, 1.82) is 0 Å². The number of rotatable bonds is 6. The van der Waals surface area contributed by atoms with Crippen molar-refractivity contribution < 1.29 is 5.11 Å². The van der Waals surface area contributed by atoms with Crippen LogP contribution in [0.2, 0.25) is 0 Å². The maximum atomic E-state index is 8.66. The van der Waals surface area contributed by atoms with Gasteiger partial charge in [-0.3, -0.25) is 0 Å². The molecule has 0 rings (SSSR count). The zero-order chi connectivity index (χ0) is 7.82. The Hall–Kier alpha value is 0.690. The van der Waals surface area contributed by atoms with Crippen molar-refractivity contribution in [2.75, 3.05) is 11.0 Å². The van der Waals surface area contributed by atoms with Crippen LogP contribution in [0.25, 0.3) is 0 Å². The molecule has 2 heteroatoms. The number of halogens is 1. The normalized spacial score (nSPS) is 13.5. The van der Waals surface area contributed by atoms with E-state index in [4.69, 9.17) is 5.11 Å². The van der Waals surface area contributed by atoms with Crippen LogP contribution in [0, 0.1) is 5.92 Å². The lowest BCUT2D eigenvalue weighted by molar-refractivity contribution is 0.259. The second-order valence-electron chi connectivity index (χ2n) is 2.67. The lowest BCUT2D eigenvalue weighted by atomic mass is 10.0. The standard InChI is InChI=1S/C8H17IO/c1-2-3-4-8(7-9)5-6-10/h8,10H,2-7H2,1H3. The number of aliphatic hydroxyl groups is 1. The fourth-order valence-electron chi connectivity index (χ4n) is 0.974. The minimum absolute atomic E-state index is 0.359. The van der Waals surface area contributed by atoms with Crippen molar-refractivity contribution in [3.63, 3.8) is 0 Å². The van der Waals surface area contributed by atoms with Gasteiger partial charge in [-0.05, 0) is 18.8 Å². The van der Waals surface area contributed by atoms with E-state index in [1.54, 1.807) is 0 Å². The SMILES string of the molecule is CCCCC(CI)CCO. The zero-order valence-corrected chi connectivity index (χ0v) is 8.80. The number of alkyl halides is 1. The number of hydrogen-bond acceptors (Lipinski definition) is 1. The van der Waals surface area contributed by atoms with E-state index in [9.17, 15) is 0 Å². The van der Waals surface area contributed by atoms with Gasteiger partial charge in [-0.15, -0.1) is 0 Å². The van der Waals surface area contributed by atoms with Crippen molar-refractivity contribution in [3.8, 4) is 0 Å². The Balaban J connectivity index is 3.21. The molecule has 62 valence electrons. The number of unbranched alkanes of at least 4 members (excludes halogenated alkanes) is 1. The molecule has 0 saturated heterocycles. The predicted octanol–water partition coefficient (Wildman–Crippen LogP) is 2.61. The largest absolute Gasteiger partial charge is 0.396 e. The second kappa shape index (κ2) is 7.79. The fraction of sp³-hybridized carbons (Fsp3) is 1.00. The van der Waals surface area contributed by atoms with E-state index in [0.29, 0.717) is 6.61 Å². The highest BCUT2D eigenvalue weighted by molar-refractivity contribution is 14.1. The van der Waals surface area contributed by atoms with Crippen molar-refractivity contribution in [1.82, 2.24) is 0 Å². The van der Waals surface area contributed by atoms with Crippen LogP contribution in [0.3, 0.4) is 0 Å². The topological polar surface area (TPSA) is 20.2 Å². The van der Waals surface area contributed by atoms with Crippen LogP contribution in [0.15, 0.2) is 0 Å². The van der Waals surface area contributed by atoms with Crippen LogP contribution in [-0.2, 0) is 0 Å². The molecule has 0 spiro atoms. The highest BCUT2D eigenvalue weighted by Crippen LogP contribution is 2.14. The van der Waals surface area contributed by atoms with Crippen molar-refractivity contribution in [2.24, 2.45) is 5.92 Å². The number of aliphatic hydroxyl groups excluding tert-OH is 1. The minimum Gasteiger partial charge on any atom is -0.396 e. The summed E-state index contributed by atoms with van der Waals surface area (Å²) < 4.78 is 1.19. The van der Waals surface area contributed by atoms with Crippen LogP contribution in [0.4, 0.5) is 0 Å². The molecule has 0 saturated carbocycles. The average molecular weight is 256 g/mol. The molecule has 10 heavy (non-hydrogen) atoms. The molecule has 1 nitrogen and oxygen atoms in total. The summed E-state index contributed by atoms with van der Waals surface area (Å²) in [5.41, 5.74) is 0. The van der Waals surface area contributed by atoms with E-state index in [2.05, 4.69) is 29.5 Å². The van der Waals surface area contributed by atoms with Gasteiger partial charge in [-0.1, -0.05) is 42.4 Å². The molecule has 0 aromatic rings. The van der Waals surface area contributed by atoms with Gasteiger partial charge in [-0.25, -0.2) is 0 Å². The summed E-state index contributed by atoms with van der Waals surface area (Å²) in [5.74, 6) is 0.755. The average Bonchev–Trinajstić information content (AvgIpc) is 1.98. The first-order valence-electron chi connectivity index (χ1n) is 4.02. The Morgan fingerprint density at radius 3 is 2.50 bits per heavy atom. The Kier molecular flexibility index (Phi) is 8.33. The third-order valence-corrected chi connectivity index (χ3v) is 2.97. The summed E-state index contributed by atoms with van der Waals surface area (Å²) in [7, 11) is 0. The highest BCUT2D eigenvalue weighted by atomic mass is 127. The van der Waals surface area contributed by atoms with E-state index in [0.717, 1.165) is 12.3 Å². The van der Waals surface area contributed by atoms with E-state index in [-0.39, 0.29) is 0 Å². The van der Waals surface area contributed by atoms with Crippen LogP contribution < -0.4 is 0 Å². The Bertz CT molecular complexity index is 66.3. The van der Waals surface area contributed by atoms with Crippen LogP contribution >= 0.6 is 22.6 Å². The van der Waals surface area contributed by atoms with E-state index < -0.39 is 0 Å². The van der Waals surface area contributed by atoms with E-state index in [1.165, 1.54) is 23.7 Å². The van der Waals surface area contributed by atoms with Gasteiger partial charge >= 0.3 is 0 Å². The first-order valence-corrected chi connectivity index (χ1v) is 5.54. The van der Waals surface area contributed by atoms with Gasteiger partial charge in [0.1, 0.15) is 0 Å². The third kappa shape index (κ3) is 5.47. The summed E-state index contributed by atoms with van der Waals surface area (Å²) in [4.78, 5) is 0. The van der Waals surface area contributed by atoms with E-state index >= 15 is 0 Å². The Labute approximate surface area is 77.3 Å². The molecule has 0 aliphatic carbocycles. The zero-order valence-electron chi connectivity index (χ0n) is 6.65. The molecule has 1 unspecified atom stereocenters.